The zero-order chi connectivity index (χ0) is 16.1. The lowest BCUT2D eigenvalue weighted by Gasteiger charge is -2.12. The second-order valence-corrected chi connectivity index (χ2v) is 5.84. The van der Waals surface area contributed by atoms with Crippen LogP contribution in [0.25, 0.3) is 0 Å². The highest BCUT2D eigenvalue weighted by atomic mass is 32.2. The smallest absolute Gasteiger partial charge is 0.257 e. The molecular weight excluding hydrogens is 325 g/mol. The van der Waals surface area contributed by atoms with Gasteiger partial charge in [0.15, 0.2) is 5.11 Å². The van der Waals surface area contributed by atoms with Gasteiger partial charge in [-0.05, 0) is 43.1 Å². The van der Waals surface area contributed by atoms with Gasteiger partial charge in [0.05, 0.1) is 0 Å². The van der Waals surface area contributed by atoms with Gasteiger partial charge in [0.1, 0.15) is 11.6 Å². The number of carbonyl (C=O) groups excluding carboxylic acids is 1. The van der Waals surface area contributed by atoms with E-state index >= 15 is 0 Å². The molecule has 0 aliphatic carbocycles. The standard InChI is InChI=1S/C13H14FN5OS2/c1-3-22-13-17-16-8(2)19(13)18-12(21)15-11(20)9-5-4-6-10(14)7-9/h4-7H,3H2,1-2H3,(H2,15,18,20,21). The number of aromatic nitrogens is 3. The summed E-state index contributed by atoms with van der Waals surface area (Å²) < 4.78 is 14.7. The van der Waals surface area contributed by atoms with Crippen molar-refractivity contribution in [3.05, 3.63) is 41.5 Å². The van der Waals surface area contributed by atoms with Crippen LogP contribution >= 0.6 is 24.0 Å². The molecule has 0 radical (unpaired) electrons. The third-order valence-electron chi connectivity index (χ3n) is 2.60. The predicted molar refractivity (Wildman–Crippen MR) is 87.0 cm³/mol. The quantitative estimate of drug-likeness (QED) is 0.656. The first-order valence-corrected chi connectivity index (χ1v) is 7.83. The molecule has 1 heterocycles. The van der Waals surface area contributed by atoms with Crippen molar-refractivity contribution in [1.82, 2.24) is 20.2 Å². The van der Waals surface area contributed by atoms with E-state index in [4.69, 9.17) is 12.2 Å². The number of hydrogen-bond donors (Lipinski definition) is 2. The normalized spacial score (nSPS) is 10.3. The Balaban J connectivity index is 2.04. The summed E-state index contributed by atoms with van der Waals surface area (Å²) >= 11 is 6.58. The van der Waals surface area contributed by atoms with Crippen LogP contribution in [0, 0.1) is 12.7 Å². The number of carbonyl (C=O) groups is 1. The van der Waals surface area contributed by atoms with Gasteiger partial charge >= 0.3 is 0 Å². The zero-order valence-corrected chi connectivity index (χ0v) is 13.6. The Kier molecular flexibility index (Phi) is 5.45. The van der Waals surface area contributed by atoms with Gasteiger partial charge in [0, 0.05) is 5.56 Å². The number of halogens is 1. The van der Waals surface area contributed by atoms with Crippen molar-refractivity contribution in [2.45, 2.75) is 19.0 Å². The molecule has 0 atom stereocenters. The molecule has 2 aromatic rings. The molecule has 116 valence electrons. The van der Waals surface area contributed by atoms with Gasteiger partial charge in [-0.1, -0.05) is 24.8 Å². The Morgan fingerprint density at radius 1 is 1.45 bits per heavy atom. The Bertz CT molecular complexity index is 703. The Hall–Kier alpha value is -2.00. The van der Waals surface area contributed by atoms with E-state index in [2.05, 4.69) is 20.9 Å². The van der Waals surface area contributed by atoms with Crippen LogP contribution in [-0.4, -0.2) is 31.6 Å². The maximum Gasteiger partial charge on any atom is 0.257 e. The second-order valence-electron chi connectivity index (χ2n) is 4.20. The minimum atomic E-state index is -0.493. The number of thiocarbonyl (C=S) groups is 1. The molecule has 9 heteroatoms. The van der Waals surface area contributed by atoms with Crippen molar-refractivity contribution in [2.24, 2.45) is 0 Å². The summed E-state index contributed by atoms with van der Waals surface area (Å²) in [6.45, 7) is 3.75. The second kappa shape index (κ2) is 7.32. The third kappa shape index (κ3) is 4.01. The van der Waals surface area contributed by atoms with E-state index in [0.717, 1.165) is 11.8 Å². The molecule has 0 aliphatic rings. The van der Waals surface area contributed by atoms with E-state index in [1.165, 1.54) is 30.0 Å². The molecule has 2 rings (SSSR count). The van der Waals surface area contributed by atoms with Crippen molar-refractivity contribution >= 4 is 35.0 Å². The molecule has 1 amide bonds. The number of benzene rings is 1. The lowest BCUT2D eigenvalue weighted by molar-refractivity contribution is 0.0977. The Labute approximate surface area is 136 Å². The number of aryl methyl sites for hydroxylation is 1. The van der Waals surface area contributed by atoms with Crippen LogP contribution in [0.4, 0.5) is 4.39 Å². The number of amides is 1. The fraction of sp³-hybridized carbons (Fsp3) is 0.231. The molecule has 0 spiro atoms. The average Bonchev–Trinajstić information content (AvgIpc) is 2.80. The Morgan fingerprint density at radius 3 is 2.91 bits per heavy atom. The van der Waals surface area contributed by atoms with Crippen molar-refractivity contribution < 1.29 is 9.18 Å². The van der Waals surface area contributed by atoms with Gasteiger partial charge in [-0.3, -0.25) is 15.5 Å². The summed E-state index contributed by atoms with van der Waals surface area (Å²) in [5.74, 6) is 0.455. The molecule has 1 aromatic carbocycles. The van der Waals surface area contributed by atoms with Gasteiger partial charge in [-0.2, -0.15) is 0 Å². The fourth-order valence-electron chi connectivity index (χ4n) is 1.63. The molecule has 2 N–H and O–H groups in total. The topological polar surface area (TPSA) is 71.8 Å². The van der Waals surface area contributed by atoms with E-state index < -0.39 is 11.7 Å². The van der Waals surface area contributed by atoms with Gasteiger partial charge in [0.2, 0.25) is 5.16 Å². The van der Waals surface area contributed by atoms with Crippen LogP contribution in [0.5, 0.6) is 0 Å². The van der Waals surface area contributed by atoms with Crippen LogP contribution in [0.1, 0.15) is 23.1 Å². The van der Waals surface area contributed by atoms with E-state index in [1.807, 2.05) is 6.92 Å². The maximum atomic E-state index is 13.1. The highest BCUT2D eigenvalue weighted by Gasteiger charge is 2.12. The number of nitrogens with zero attached hydrogens (tertiary/aromatic N) is 3. The third-order valence-corrected chi connectivity index (χ3v) is 3.60. The number of thioether (sulfide) groups is 1. The molecule has 22 heavy (non-hydrogen) atoms. The first-order chi connectivity index (χ1) is 10.5. The summed E-state index contributed by atoms with van der Waals surface area (Å²) in [5, 5.41) is 11.2. The predicted octanol–water partition coefficient (Wildman–Crippen LogP) is 2.10. The molecule has 0 saturated carbocycles. The monoisotopic (exact) mass is 339 g/mol. The van der Waals surface area contributed by atoms with E-state index in [-0.39, 0.29) is 10.7 Å². The summed E-state index contributed by atoms with van der Waals surface area (Å²) in [6.07, 6.45) is 0. The van der Waals surface area contributed by atoms with Crippen molar-refractivity contribution in [2.75, 3.05) is 11.2 Å². The zero-order valence-electron chi connectivity index (χ0n) is 12.0. The lowest BCUT2D eigenvalue weighted by atomic mass is 10.2. The van der Waals surface area contributed by atoms with Gasteiger partial charge in [0.25, 0.3) is 5.91 Å². The van der Waals surface area contributed by atoms with E-state index in [9.17, 15) is 9.18 Å². The molecule has 6 nitrogen and oxygen atoms in total. The molecule has 0 fully saturated rings. The van der Waals surface area contributed by atoms with Crippen LogP contribution in [-0.2, 0) is 0 Å². The number of hydrogen-bond acceptors (Lipinski definition) is 5. The molecule has 0 unspecified atom stereocenters. The largest absolute Gasteiger partial charge is 0.298 e. The first kappa shape index (κ1) is 16.4. The minimum absolute atomic E-state index is 0.0788. The van der Waals surface area contributed by atoms with Crippen molar-refractivity contribution in [3.63, 3.8) is 0 Å². The van der Waals surface area contributed by atoms with Crippen molar-refractivity contribution in [1.29, 1.82) is 0 Å². The highest BCUT2D eigenvalue weighted by molar-refractivity contribution is 7.99. The maximum absolute atomic E-state index is 13.1. The van der Waals surface area contributed by atoms with Gasteiger partial charge in [-0.25, -0.2) is 9.07 Å². The minimum Gasteiger partial charge on any atom is -0.298 e. The first-order valence-electron chi connectivity index (χ1n) is 6.44. The van der Waals surface area contributed by atoms with Gasteiger partial charge in [-0.15, -0.1) is 10.2 Å². The molecule has 1 aromatic heterocycles. The summed E-state index contributed by atoms with van der Waals surface area (Å²) in [4.78, 5) is 12.0. The van der Waals surface area contributed by atoms with E-state index in [1.54, 1.807) is 11.6 Å². The van der Waals surface area contributed by atoms with Crippen molar-refractivity contribution in [3.8, 4) is 0 Å². The fourth-order valence-corrected chi connectivity index (χ4v) is 2.48. The van der Waals surface area contributed by atoms with Gasteiger partial charge < -0.3 is 0 Å². The highest BCUT2D eigenvalue weighted by Crippen LogP contribution is 2.14. The summed E-state index contributed by atoms with van der Waals surface area (Å²) in [7, 11) is 0. The average molecular weight is 339 g/mol. The van der Waals surface area contributed by atoms with E-state index in [0.29, 0.717) is 11.0 Å². The summed E-state index contributed by atoms with van der Waals surface area (Å²) in [5.41, 5.74) is 3.02. The van der Waals surface area contributed by atoms with Crippen LogP contribution in [0.2, 0.25) is 0 Å². The SMILES string of the molecule is CCSc1nnc(C)n1NC(=S)NC(=O)c1cccc(F)c1. The Morgan fingerprint density at radius 2 is 2.23 bits per heavy atom. The molecular formula is C13H14FN5OS2. The number of nitrogens with one attached hydrogen (secondary N) is 2. The van der Waals surface area contributed by atoms with Crippen LogP contribution in [0.3, 0.4) is 0 Å². The number of rotatable bonds is 4. The van der Waals surface area contributed by atoms with Crippen LogP contribution < -0.4 is 10.7 Å². The lowest BCUT2D eigenvalue weighted by Crippen LogP contribution is -2.38. The molecule has 0 saturated heterocycles. The summed E-state index contributed by atoms with van der Waals surface area (Å²) in [6, 6.07) is 5.37. The molecule has 0 aliphatic heterocycles. The van der Waals surface area contributed by atoms with Crippen LogP contribution in [0.15, 0.2) is 29.4 Å². The molecule has 0 bridgehead atoms.